The van der Waals surface area contributed by atoms with E-state index in [2.05, 4.69) is 0 Å². The molecule has 0 saturated heterocycles. The van der Waals surface area contributed by atoms with Crippen molar-refractivity contribution in [3.8, 4) is 5.75 Å². The average molecular weight is 296 g/mol. The van der Waals surface area contributed by atoms with Gasteiger partial charge in [0.15, 0.2) is 6.10 Å². The smallest absolute Gasteiger partial charge is 0.268 e. The van der Waals surface area contributed by atoms with Crippen LogP contribution in [0.25, 0.3) is 0 Å². The van der Waals surface area contributed by atoms with Crippen LogP contribution in [0.1, 0.15) is 24.5 Å². The lowest BCUT2D eigenvalue weighted by molar-refractivity contribution is -0.126. The molecule has 0 fully saturated rings. The van der Waals surface area contributed by atoms with Crippen molar-refractivity contribution in [2.75, 3.05) is 4.90 Å². The molecule has 1 aliphatic rings. The Morgan fingerprint density at radius 2 is 1.91 bits per heavy atom. The van der Waals surface area contributed by atoms with Gasteiger partial charge in [0.1, 0.15) is 5.75 Å². The minimum atomic E-state index is -0.417. The lowest BCUT2D eigenvalue weighted by Gasteiger charge is -2.34. The molecule has 22 heavy (non-hydrogen) atoms. The molecule has 1 aliphatic heterocycles. The van der Waals surface area contributed by atoms with Crippen LogP contribution in [0.2, 0.25) is 0 Å². The summed E-state index contributed by atoms with van der Waals surface area (Å²) in [5, 5.41) is 0. The predicted molar refractivity (Wildman–Crippen MR) is 86.7 cm³/mol. The molecule has 2 aromatic rings. The van der Waals surface area contributed by atoms with Crippen molar-refractivity contribution >= 4 is 11.6 Å². The van der Waals surface area contributed by atoms with Crippen LogP contribution in [0.3, 0.4) is 0 Å². The summed E-state index contributed by atoms with van der Waals surface area (Å²) < 4.78 is 5.83. The standard InChI is InChI=1S/C18H20N2O2/c1-2-16-18(21)20(12-13-6-4-3-5-7-13)15-10-14(11-19)8-9-17(15)22-16/h3-10,16H,2,11-12,19H2,1H3. The van der Waals surface area contributed by atoms with E-state index in [0.29, 0.717) is 19.5 Å². The van der Waals surface area contributed by atoms with Crippen molar-refractivity contribution in [2.24, 2.45) is 5.73 Å². The van der Waals surface area contributed by atoms with Crippen LogP contribution in [-0.2, 0) is 17.9 Å². The van der Waals surface area contributed by atoms with Gasteiger partial charge in [-0.1, -0.05) is 43.3 Å². The molecule has 4 heteroatoms. The molecule has 0 aromatic heterocycles. The molecule has 0 aliphatic carbocycles. The Balaban J connectivity index is 2.00. The van der Waals surface area contributed by atoms with Crippen molar-refractivity contribution in [3.63, 3.8) is 0 Å². The number of hydrogen-bond donors (Lipinski definition) is 1. The molecule has 1 amide bonds. The Hall–Kier alpha value is -2.33. The van der Waals surface area contributed by atoms with Gasteiger partial charge in [0.2, 0.25) is 0 Å². The molecular formula is C18H20N2O2. The van der Waals surface area contributed by atoms with E-state index in [1.54, 1.807) is 0 Å². The van der Waals surface area contributed by atoms with E-state index < -0.39 is 6.10 Å². The Labute approximate surface area is 130 Å². The highest BCUT2D eigenvalue weighted by molar-refractivity contribution is 6.00. The molecule has 0 spiro atoms. The molecule has 0 bridgehead atoms. The molecule has 1 unspecified atom stereocenters. The molecule has 114 valence electrons. The molecule has 2 aromatic carbocycles. The number of carbonyl (C=O) groups is 1. The Morgan fingerprint density at radius 3 is 2.59 bits per heavy atom. The van der Waals surface area contributed by atoms with Crippen LogP contribution in [0.4, 0.5) is 5.69 Å². The van der Waals surface area contributed by atoms with E-state index >= 15 is 0 Å². The number of ether oxygens (including phenoxy) is 1. The normalized spacial score (nSPS) is 17.1. The number of benzene rings is 2. The van der Waals surface area contributed by atoms with Gasteiger partial charge in [-0.25, -0.2) is 0 Å². The first-order valence-electron chi connectivity index (χ1n) is 7.58. The monoisotopic (exact) mass is 296 g/mol. The van der Waals surface area contributed by atoms with Crippen LogP contribution < -0.4 is 15.4 Å². The fraction of sp³-hybridized carbons (Fsp3) is 0.278. The van der Waals surface area contributed by atoms with Crippen LogP contribution in [-0.4, -0.2) is 12.0 Å². The molecule has 1 atom stereocenters. The van der Waals surface area contributed by atoms with Gasteiger partial charge < -0.3 is 15.4 Å². The maximum absolute atomic E-state index is 12.7. The van der Waals surface area contributed by atoms with E-state index in [1.807, 2.05) is 60.4 Å². The van der Waals surface area contributed by atoms with Gasteiger partial charge in [-0.2, -0.15) is 0 Å². The number of hydrogen-bond acceptors (Lipinski definition) is 3. The quantitative estimate of drug-likeness (QED) is 0.944. The molecule has 0 saturated carbocycles. The number of carbonyl (C=O) groups excluding carboxylic acids is 1. The largest absolute Gasteiger partial charge is 0.478 e. The Bertz CT molecular complexity index is 670. The van der Waals surface area contributed by atoms with Gasteiger partial charge in [0.25, 0.3) is 5.91 Å². The summed E-state index contributed by atoms with van der Waals surface area (Å²) >= 11 is 0. The first kappa shape index (κ1) is 14.6. The van der Waals surface area contributed by atoms with E-state index in [4.69, 9.17) is 10.5 Å². The predicted octanol–water partition coefficient (Wildman–Crippen LogP) is 2.85. The van der Waals surface area contributed by atoms with Crippen molar-refractivity contribution in [2.45, 2.75) is 32.5 Å². The fourth-order valence-corrected chi connectivity index (χ4v) is 2.68. The number of nitrogens with zero attached hydrogens (tertiary/aromatic N) is 1. The van der Waals surface area contributed by atoms with Gasteiger partial charge in [-0.3, -0.25) is 4.79 Å². The molecular weight excluding hydrogens is 276 g/mol. The summed E-state index contributed by atoms with van der Waals surface area (Å²) in [7, 11) is 0. The van der Waals surface area contributed by atoms with Crippen molar-refractivity contribution in [3.05, 3.63) is 59.7 Å². The lowest BCUT2D eigenvalue weighted by Crippen LogP contribution is -2.45. The highest BCUT2D eigenvalue weighted by Crippen LogP contribution is 2.36. The second-order valence-electron chi connectivity index (χ2n) is 5.43. The maximum Gasteiger partial charge on any atom is 0.268 e. The van der Waals surface area contributed by atoms with Crippen LogP contribution >= 0.6 is 0 Å². The number of rotatable bonds is 4. The van der Waals surface area contributed by atoms with Crippen LogP contribution in [0, 0.1) is 0 Å². The van der Waals surface area contributed by atoms with Crippen molar-refractivity contribution in [1.29, 1.82) is 0 Å². The highest BCUT2D eigenvalue weighted by Gasteiger charge is 2.33. The summed E-state index contributed by atoms with van der Waals surface area (Å²) in [5.41, 5.74) is 8.61. The fourth-order valence-electron chi connectivity index (χ4n) is 2.68. The molecule has 0 radical (unpaired) electrons. The summed E-state index contributed by atoms with van der Waals surface area (Å²) in [6.45, 7) is 2.95. The zero-order chi connectivity index (χ0) is 15.5. The molecule has 3 rings (SSSR count). The third kappa shape index (κ3) is 2.70. The van der Waals surface area contributed by atoms with Gasteiger partial charge >= 0.3 is 0 Å². The van der Waals surface area contributed by atoms with Gasteiger partial charge in [0, 0.05) is 6.54 Å². The third-order valence-corrected chi connectivity index (χ3v) is 3.91. The third-order valence-electron chi connectivity index (χ3n) is 3.91. The number of fused-ring (bicyclic) bond motifs is 1. The second kappa shape index (κ2) is 6.20. The first-order chi connectivity index (χ1) is 10.7. The highest BCUT2D eigenvalue weighted by atomic mass is 16.5. The van der Waals surface area contributed by atoms with Gasteiger partial charge in [-0.15, -0.1) is 0 Å². The zero-order valence-corrected chi connectivity index (χ0v) is 12.7. The second-order valence-corrected chi connectivity index (χ2v) is 5.43. The summed E-state index contributed by atoms with van der Waals surface area (Å²) in [6.07, 6.45) is 0.238. The molecule has 2 N–H and O–H groups in total. The van der Waals surface area contributed by atoms with Crippen molar-refractivity contribution in [1.82, 2.24) is 0 Å². The van der Waals surface area contributed by atoms with E-state index in [-0.39, 0.29) is 5.91 Å². The average Bonchev–Trinajstić information content (AvgIpc) is 2.57. The summed E-state index contributed by atoms with van der Waals surface area (Å²) in [4.78, 5) is 14.5. The maximum atomic E-state index is 12.7. The Kier molecular flexibility index (Phi) is 4.11. The molecule has 4 nitrogen and oxygen atoms in total. The minimum Gasteiger partial charge on any atom is -0.478 e. The number of anilines is 1. The van der Waals surface area contributed by atoms with Gasteiger partial charge in [-0.05, 0) is 29.7 Å². The van der Waals surface area contributed by atoms with E-state index in [0.717, 1.165) is 22.6 Å². The summed E-state index contributed by atoms with van der Waals surface area (Å²) in [5.74, 6) is 0.757. The van der Waals surface area contributed by atoms with E-state index in [1.165, 1.54) is 0 Å². The van der Waals surface area contributed by atoms with Gasteiger partial charge in [0.05, 0.1) is 12.2 Å². The van der Waals surface area contributed by atoms with E-state index in [9.17, 15) is 4.79 Å². The minimum absolute atomic E-state index is 0.00743. The first-order valence-corrected chi connectivity index (χ1v) is 7.58. The van der Waals surface area contributed by atoms with Crippen molar-refractivity contribution < 1.29 is 9.53 Å². The Morgan fingerprint density at radius 1 is 1.14 bits per heavy atom. The molecule has 1 heterocycles. The number of amides is 1. The van der Waals surface area contributed by atoms with Crippen LogP contribution in [0.15, 0.2) is 48.5 Å². The zero-order valence-electron chi connectivity index (χ0n) is 12.7. The topological polar surface area (TPSA) is 55.6 Å². The SMILES string of the molecule is CCC1Oc2ccc(CN)cc2N(Cc2ccccc2)C1=O. The lowest BCUT2D eigenvalue weighted by atomic mass is 10.1. The number of nitrogens with two attached hydrogens (primary N) is 1. The summed E-state index contributed by atoms with van der Waals surface area (Å²) in [6, 6.07) is 15.8. The van der Waals surface area contributed by atoms with Crippen LogP contribution in [0.5, 0.6) is 5.75 Å².